The first-order valence-electron chi connectivity index (χ1n) is 6.95. The largest absolute Gasteiger partial charge is 0.368 e. The van der Waals surface area contributed by atoms with Gasteiger partial charge in [-0.15, -0.1) is 0 Å². The molecule has 0 aliphatic carbocycles. The molecule has 0 heterocycles. The number of hydrogen-bond donors (Lipinski definition) is 2. The number of carbonyl (C=O) groups is 2. The van der Waals surface area contributed by atoms with Gasteiger partial charge in [-0.1, -0.05) is 29.3 Å². The molecule has 5 nitrogen and oxygen atoms in total. The fourth-order valence-electron chi connectivity index (χ4n) is 2.09. The molecule has 0 fully saturated rings. The fraction of sp³-hybridized carbons (Fsp3) is 0.118. The zero-order valence-corrected chi connectivity index (χ0v) is 13.9. The first-order chi connectivity index (χ1) is 11.4. The Hall–Kier alpha value is -2.55. The van der Waals surface area contributed by atoms with Crippen LogP contribution in [0.2, 0.25) is 10.0 Å². The Balaban J connectivity index is 2.18. The molecule has 7 heteroatoms. The maximum Gasteiger partial charge on any atom is 0.251 e. The van der Waals surface area contributed by atoms with Gasteiger partial charge in [0.15, 0.2) is 0 Å². The minimum absolute atomic E-state index is 0.0792. The van der Waals surface area contributed by atoms with E-state index in [1.807, 2.05) is 6.07 Å². The van der Waals surface area contributed by atoms with E-state index in [9.17, 15) is 9.59 Å². The molecule has 0 bridgehead atoms. The molecule has 1 atom stereocenters. The number of carbonyl (C=O) groups excluding carboxylic acids is 2. The molecule has 122 valence electrons. The first-order valence-corrected chi connectivity index (χ1v) is 7.71. The van der Waals surface area contributed by atoms with Crippen molar-refractivity contribution < 1.29 is 9.59 Å². The summed E-state index contributed by atoms with van der Waals surface area (Å²) >= 11 is 12.2. The second kappa shape index (κ2) is 7.82. The summed E-state index contributed by atoms with van der Waals surface area (Å²) in [7, 11) is 0. The van der Waals surface area contributed by atoms with E-state index in [4.69, 9.17) is 34.2 Å². The smallest absolute Gasteiger partial charge is 0.251 e. The first kappa shape index (κ1) is 17.8. The average Bonchev–Trinajstić information content (AvgIpc) is 2.57. The molecule has 2 amide bonds. The summed E-state index contributed by atoms with van der Waals surface area (Å²) in [6.45, 7) is 0. The highest BCUT2D eigenvalue weighted by molar-refractivity contribution is 6.36. The number of hydrogen-bond acceptors (Lipinski definition) is 3. The van der Waals surface area contributed by atoms with Crippen molar-refractivity contribution in [2.24, 2.45) is 5.73 Å². The lowest BCUT2D eigenvalue weighted by atomic mass is 10.0. The maximum absolute atomic E-state index is 12.3. The van der Waals surface area contributed by atoms with Crippen molar-refractivity contribution in [3.63, 3.8) is 0 Å². The van der Waals surface area contributed by atoms with Crippen LogP contribution in [0.25, 0.3) is 0 Å². The van der Waals surface area contributed by atoms with Crippen molar-refractivity contribution in [1.82, 2.24) is 5.32 Å². The molecule has 0 saturated heterocycles. The Morgan fingerprint density at radius 3 is 2.21 bits per heavy atom. The number of amides is 2. The summed E-state index contributed by atoms with van der Waals surface area (Å²) in [5, 5.41) is 12.1. The molecule has 24 heavy (non-hydrogen) atoms. The van der Waals surface area contributed by atoms with Crippen LogP contribution in [-0.4, -0.2) is 17.9 Å². The van der Waals surface area contributed by atoms with Crippen LogP contribution in [0.5, 0.6) is 0 Å². The highest BCUT2D eigenvalue weighted by Crippen LogP contribution is 2.25. The van der Waals surface area contributed by atoms with Crippen LogP contribution in [0, 0.1) is 11.3 Å². The SMILES string of the molecule is N#Cc1ccc(C(=O)N[C@@H](Cc2c(Cl)cccc2Cl)C(N)=O)cc1. The Bertz CT molecular complexity index is 793. The lowest BCUT2D eigenvalue weighted by Crippen LogP contribution is -2.46. The van der Waals surface area contributed by atoms with Gasteiger partial charge in [-0.2, -0.15) is 5.26 Å². The van der Waals surface area contributed by atoms with E-state index in [1.54, 1.807) is 18.2 Å². The fourth-order valence-corrected chi connectivity index (χ4v) is 2.64. The molecule has 0 spiro atoms. The van der Waals surface area contributed by atoms with Gasteiger partial charge in [0.05, 0.1) is 11.6 Å². The molecule has 0 unspecified atom stereocenters. The summed E-state index contributed by atoms with van der Waals surface area (Å²) in [6.07, 6.45) is 0.0792. The van der Waals surface area contributed by atoms with Crippen molar-refractivity contribution in [2.75, 3.05) is 0 Å². The van der Waals surface area contributed by atoms with Crippen LogP contribution in [-0.2, 0) is 11.2 Å². The van der Waals surface area contributed by atoms with E-state index in [-0.39, 0.29) is 6.42 Å². The van der Waals surface area contributed by atoms with E-state index in [2.05, 4.69) is 5.32 Å². The minimum Gasteiger partial charge on any atom is -0.368 e. The lowest BCUT2D eigenvalue weighted by molar-refractivity contribution is -0.119. The van der Waals surface area contributed by atoms with Gasteiger partial charge in [-0.05, 0) is 42.0 Å². The van der Waals surface area contributed by atoms with Crippen LogP contribution >= 0.6 is 23.2 Å². The Morgan fingerprint density at radius 2 is 1.71 bits per heavy atom. The number of nitrogens with zero attached hydrogens (tertiary/aromatic N) is 1. The third kappa shape index (κ3) is 4.25. The summed E-state index contributed by atoms with van der Waals surface area (Å²) < 4.78 is 0. The summed E-state index contributed by atoms with van der Waals surface area (Å²) in [6, 6.07) is 12.0. The molecular formula is C17H13Cl2N3O2. The van der Waals surface area contributed by atoms with Gasteiger partial charge in [0, 0.05) is 22.0 Å². The van der Waals surface area contributed by atoms with Crippen molar-refractivity contribution in [1.29, 1.82) is 5.26 Å². The summed E-state index contributed by atoms with van der Waals surface area (Å²) in [5.41, 5.74) is 6.65. The van der Waals surface area contributed by atoms with Gasteiger partial charge in [0.2, 0.25) is 5.91 Å². The average molecular weight is 362 g/mol. The van der Waals surface area contributed by atoms with Gasteiger partial charge in [0.25, 0.3) is 5.91 Å². The number of nitrogens with one attached hydrogen (secondary N) is 1. The molecule has 0 aliphatic rings. The normalized spacial score (nSPS) is 11.4. The van der Waals surface area contributed by atoms with E-state index in [1.165, 1.54) is 24.3 Å². The monoisotopic (exact) mass is 361 g/mol. The summed E-state index contributed by atoms with van der Waals surface area (Å²) in [5.74, 6) is -1.18. The predicted octanol–water partition coefficient (Wildman–Crippen LogP) is 2.69. The van der Waals surface area contributed by atoms with Gasteiger partial charge in [-0.3, -0.25) is 9.59 Å². The third-order valence-electron chi connectivity index (χ3n) is 3.39. The molecule has 3 N–H and O–H groups in total. The molecule has 2 rings (SSSR count). The van der Waals surface area contributed by atoms with Gasteiger partial charge >= 0.3 is 0 Å². The highest BCUT2D eigenvalue weighted by Gasteiger charge is 2.22. The second-order valence-corrected chi connectivity index (χ2v) is 5.84. The van der Waals surface area contributed by atoms with Crippen LogP contribution < -0.4 is 11.1 Å². The van der Waals surface area contributed by atoms with E-state index in [0.29, 0.717) is 26.7 Å². The van der Waals surface area contributed by atoms with E-state index < -0.39 is 17.9 Å². The topological polar surface area (TPSA) is 96.0 Å². The van der Waals surface area contributed by atoms with Crippen LogP contribution in [0.3, 0.4) is 0 Å². The molecule has 0 saturated carbocycles. The van der Waals surface area contributed by atoms with Crippen LogP contribution in [0.1, 0.15) is 21.5 Å². The number of nitriles is 1. The predicted molar refractivity (Wildman–Crippen MR) is 91.8 cm³/mol. The molecule has 2 aromatic rings. The quantitative estimate of drug-likeness (QED) is 0.856. The maximum atomic E-state index is 12.3. The second-order valence-electron chi connectivity index (χ2n) is 5.02. The number of halogens is 2. The number of primary amides is 1. The third-order valence-corrected chi connectivity index (χ3v) is 4.10. The Morgan fingerprint density at radius 1 is 1.12 bits per heavy atom. The zero-order valence-electron chi connectivity index (χ0n) is 12.4. The Labute approximate surface area is 149 Å². The van der Waals surface area contributed by atoms with Crippen LogP contribution in [0.4, 0.5) is 0 Å². The molecule has 0 aromatic heterocycles. The number of nitrogens with two attached hydrogens (primary N) is 1. The summed E-state index contributed by atoms with van der Waals surface area (Å²) in [4.78, 5) is 23.9. The van der Waals surface area contributed by atoms with Crippen molar-refractivity contribution >= 4 is 35.0 Å². The minimum atomic E-state index is -0.967. The molecule has 2 aromatic carbocycles. The number of rotatable bonds is 5. The number of benzene rings is 2. The van der Waals surface area contributed by atoms with Gasteiger partial charge in [0.1, 0.15) is 6.04 Å². The standard InChI is InChI=1S/C17H13Cl2N3O2/c18-13-2-1-3-14(19)12(13)8-15(16(21)23)22-17(24)11-6-4-10(9-20)5-7-11/h1-7,15H,8H2,(H2,21,23)(H,22,24)/t15-/m0/s1. The highest BCUT2D eigenvalue weighted by atomic mass is 35.5. The molecular weight excluding hydrogens is 349 g/mol. The zero-order chi connectivity index (χ0) is 17.7. The van der Waals surface area contributed by atoms with Gasteiger partial charge in [-0.25, -0.2) is 0 Å². The molecule has 0 aliphatic heterocycles. The van der Waals surface area contributed by atoms with Crippen molar-refractivity contribution in [3.8, 4) is 6.07 Å². The Kier molecular flexibility index (Phi) is 5.80. The van der Waals surface area contributed by atoms with E-state index >= 15 is 0 Å². The van der Waals surface area contributed by atoms with Crippen molar-refractivity contribution in [3.05, 3.63) is 69.2 Å². The van der Waals surface area contributed by atoms with Crippen LogP contribution in [0.15, 0.2) is 42.5 Å². The van der Waals surface area contributed by atoms with E-state index in [0.717, 1.165) is 0 Å². The van der Waals surface area contributed by atoms with Gasteiger partial charge < -0.3 is 11.1 Å². The van der Waals surface area contributed by atoms with Crippen molar-refractivity contribution in [2.45, 2.75) is 12.5 Å². The molecule has 0 radical (unpaired) electrons. The lowest BCUT2D eigenvalue weighted by Gasteiger charge is -2.17.